The van der Waals surface area contributed by atoms with Gasteiger partial charge in [0.1, 0.15) is 5.75 Å². The molecule has 1 aliphatic heterocycles. The molecule has 0 fully saturated rings. The molecule has 6 nitrogen and oxygen atoms in total. The van der Waals surface area contributed by atoms with Crippen LogP contribution in [0.1, 0.15) is 49.9 Å². The Bertz CT molecular complexity index is 913. The molecule has 2 aromatic carbocycles. The van der Waals surface area contributed by atoms with Crippen LogP contribution in [-0.4, -0.2) is 49.6 Å². The quantitative estimate of drug-likeness (QED) is 0.606. The summed E-state index contributed by atoms with van der Waals surface area (Å²) in [6, 6.07) is 15.9. The van der Waals surface area contributed by atoms with Crippen LogP contribution >= 0.6 is 0 Å². The molecule has 2 amide bonds. The van der Waals surface area contributed by atoms with E-state index < -0.39 is 6.10 Å². The number of hydrogen-bond donors (Lipinski definition) is 1. The van der Waals surface area contributed by atoms with E-state index in [1.54, 1.807) is 14.0 Å². The molecule has 3 rings (SSSR count). The molecule has 172 valence electrons. The van der Waals surface area contributed by atoms with Crippen LogP contribution in [0.15, 0.2) is 48.5 Å². The minimum Gasteiger partial charge on any atom is -0.481 e. The van der Waals surface area contributed by atoms with Gasteiger partial charge in [-0.25, -0.2) is 0 Å². The first-order valence-corrected chi connectivity index (χ1v) is 11.3. The van der Waals surface area contributed by atoms with Gasteiger partial charge in [-0.15, -0.1) is 0 Å². The molecule has 6 heteroatoms. The summed E-state index contributed by atoms with van der Waals surface area (Å²) in [5, 5.41) is 2.80. The van der Waals surface area contributed by atoms with Gasteiger partial charge in [-0.2, -0.15) is 0 Å². The third-order valence-electron chi connectivity index (χ3n) is 5.65. The Morgan fingerprint density at radius 1 is 1.12 bits per heavy atom. The minimum atomic E-state index is -0.637. The fourth-order valence-corrected chi connectivity index (χ4v) is 4.07. The van der Waals surface area contributed by atoms with Crippen molar-refractivity contribution < 1.29 is 19.1 Å². The molecule has 0 aliphatic carbocycles. The second-order valence-corrected chi connectivity index (χ2v) is 8.65. The van der Waals surface area contributed by atoms with E-state index in [9.17, 15) is 9.59 Å². The predicted molar refractivity (Wildman–Crippen MR) is 125 cm³/mol. The molecule has 0 saturated carbocycles. The smallest absolute Gasteiger partial charge is 0.260 e. The molecule has 32 heavy (non-hydrogen) atoms. The van der Waals surface area contributed by atoms with Crippen molar-refractivity contribution in [3.8, 4) is 5.75 Å². The average molecular weight is 439 g/mol. The van der Waals surface area contributed by atoms with Crippen LogP contribution in [0.3, 0.4) is 0 Å². The SMILES string of the molecule is COCCNC(=O)C(C)Oc1ccc2c(c1)C(c1ccccc1)N(C(=O)CC(C)C)CC2. The first kappa shape index (κ1) is 23.8. The maximum absolute atomic E-state index is 13.1. The fraction of sp³-hybridized carbons (Fsp3) is 0.462. The van der Waals surface area contributed by atoms with E-state index in [0.717, 1.165) is 17.5 Å². The van der Waals surface area contributed by atoms with Crippen molar-refractivity contribution in [1.29, 1.82) is 0 Å². The zero-order valence-electron chi connectivity index (χ0n) is 19.5. The molecule has 2 unspecified atom stereocenters. The number of methoxy groups -OCH3 is 1. The summed E-state index contributed by atoms with van der Waals surface area (Å²) >= 11 is 0. The third kappa shape index (κ3) is 5.88. The number of nitrogens with zero attached hydrogens (tertiary/aromatic N) is 1. The zero-order valence-corrected chi connectivity index (χ0v) is 19.5. The third-order valence-corrected chi connectivity index (χ3v) is 5.65. The van der Waals surface area contributed by atoms with E-state index in [0.29, 0.717) is 37.8 Å². The van der Waals surface area contributed by atoms with E-state index in [1.807, 2.05) is 35.2 Å². The van der Waals surface area contributed by atoms with Gasteiger partial charge < -0.3 is 19.7 Å². The van der Waals surface area contributed by atoms with Crippen LogP contribution < -0.4 is 10.1 Å². The van der Waals surface area contributed by atoms with E-state index >= 15 is 0 Å². The molecule has 0 radical (unpaired) electrons. The highest BCUT2D eigenvalue weighted by Gasteiger charge is 2.32. The molecular weight excluding hydrogens is 404 g/mol. The summed E-state index contributed by atoms with van der Waals surface area (Å²) in [5.74, 6) is 0.898. The highest BCUT2D eigenvalue weighted by molar-refractivity contribution is 5.80. The average Bonchev–Trinajstić information content (AvgIpc) is 2.78. The van der Waals surface area contributed by atoms with Crippen LogP contribution in [0.25, 0.3) is 0 Å². The molecule has 1 heterocycles. The molecule has 2 aromatic rings. The normalized spacial score (nSPS) is 16.4. The number of amides is 2. The van der Waals surface area contributed by atoms with Crippen LogP contribution in [0.2, 0.25) is 0 Å². The van der Waals surface area contributed by atoms with Gasteiger partial charge in [-0.3, -0.25) is 9.59 Å². The van der Waals surface area contributed by atoms with Gasteiger partial charge in [0.05, 0.1) is 12.6 Å². The Kier molecular flexibility index (Phi) is 8.28. The van der Waals surface area contributed by atoms with Crippen molar-refractivity contribution in [2.24, 2.45) is 5.92 Å². The summed E-state index contributed by atoms with van der Waals surface area (Å²) in [4.78, 5) is 27.4. The lowest BCUT2D eigenvalue weighted by atomic mass is 9.87. The lowest BCUT2D eigenvalue weighted by molar-refractivity contribution is -0.134. The Balaban J connectivity index is 1.87. The second-order valence-electron chi connectivity index (χ2n) is 8.65. The number of hydrogen-bond acceptors (Lipinski definition) is 4. The van der Waals surface area contributed by atoms with Crippen molar-refractivity contribution in [2.75, 3.05) is 26.8 Å². The number of benzene rings is 2. The van der Waals surface area contributed by atoms with E-state index in [1.165, 1.54) is 5.56 Å². The molecule has 1 aliphatic rings. The van der Waals surface area contributed by atoms with Crippen LogP contribution in [0.5, 0.6) is 5.75 Å². The summed E-state index contributed by atoms with van der Waals surface area (Å²) in [7, 11) is 1.59. The number of ether oxygens (including phenoxy) is 2. The molecule has 0 bridgehead atoms. The lowest BCUT2D eigenvalue weighted by Crippen LogP contribution is -2.41. The molecule has 1 N–H and O–H groups in total. The predicted octanol–water partition coefficient (Wildman–Crippen LogP) is 3.74. The number of nitrogens with one attached hydrogen (secondary N) is 1. The van der Waals surface area contributed by atoms with E-state index in [4.69, 9.17) is 9.47 Å². The number of carbonyl (C=O) groups is 2. The largest absolute Gasteiger partial charge is 0.481 e. The summed E-state index contributed by atoms with van der Waals surface area (Å²) in [6.45, 7) is 7.45. The van der Waals surface area contributed by atoms with Gasteiger partial charge in [0.15, 0.2) is 6.10 Å². The van der Waals surface area contributed by atoms with Gasteiger partial charge in [-0.1, -0.05) is 50.2 Å². The first-order chi connectivity index (χ1) is 15.4. The number of carbonyl (C=O) groups excluding carboxylic acids is 2. The highest BCUT2D eigenvalue weighted by atomic mass is 16.5. The number of rotatable bonds is 9. The second kappa shape index (κ2) is 11.1. The summed E-state index contributed by atoms with van der Waals surface area (Å²) in [5.41, 5.74) is 3.34. The van der Waals surface area contributed by atoms with E-state index in [-0.39, 0.29) is 17.9 Å². The molecule has 0 aromatic heterocycles. The maximum atomic E-state index is 13.1. The van der Waals surface area contributed by atoms with Crippen molar-refractivity contribution in [3.05, 3.63) is 65.2 Å². The molecule has 0 saturated heterocycles. The fourth-order valence-electron chi connectivity index (χ4n) is 4.07. The standard InChI is InChI=1S/C26H34N2O4/c1-18(2)16-24(29)28-14-12-20-10-11-22(32-19(3)26(30)27-13-15-31-4)17-23(20)25(28)21-8-6-5-7-9-21/h5-11,17-19,25H,12-16H2,1-4H3,(H,27,30). The molecular formula is C26H34N2O4. The Morgan fingerprint density at radius 2 is 1.88 bits per heavy atom. The molecule has 2 atom stereocenters. The topological polar surface area (TPSA) is 67.9 Å². The zero-order chi connectivity index (χ0) is 23.1. The monoisotopic (exact) mass is 438 g/mol. The Labute approximate surface area is 190 Å². The van der Waals surface area contributed by atoms with Crippen molar-refractivity contribution in [3.63, 3.8) is 0 Å². The van der Waals surface area contributed by atoms with Gasteiger partial charge >= 0.3 is 0 Å². The van der Waals surface area contributed by atoms with Crippen molar-refractivity contribution in [1.82, 2.24) is 10.2 Å². The molecule has 0 spiro atoms. The summed E-state index contributed by atoms with van der Waals surface area (Å²) < 4.78 is 10.9. The van der Waals surface area contributed by atoms with Crippen LogP contribution in [0.4, 0.5) is 0 Å². The van der Waals surface area contributed by atoms with Crippen molar-refractivity contribution in [2.45, 2.75) is 45.8 Å². The van der Waals surface area contributed by atoms with Crippen LogP contribution in [0, 0.1) is 5.92 Å². The first-order valence-electron chi connectivity index (χ1n) is 11.3. The van der Waals surface area contributed by atoms with Gasteiger partial charge in [0.2, 0.25) is 5.91 Å². The Morgan fingerprint density at radius 3 is 2.56 bits per heavy atom. The Hall–Kier alpha value is -2.86. The summed E-state index contributed by atoms with van der Waals surface area (Å²) in [6.07, 6.45) is 0.686. The number of fused-ring (bicyclic) bond motifs is 1. The van der Waals surface area contributed by atoms with Crippen LogP contribution in [-0.2, 0) is 20.7 Å². The van der Waals surface area contributed by atoms with Gasteiger partial charge in [0.25, 0.3) is 5.91 Å². The minimum absolute atomic E-state index is 0.164. The van der Waals surface area contributed by atoms with Gasteiger partial charge in [0, 0.05) is 26.6 Å². The van der Waals surface area contributed by atoms with Crippen molar-refractivity contribution >= 4 is 11.8 Å². The maximum Gasteiger partial charge on any atom is 0.260 e. The lowest BCUT2D eigenvalue weighted by Gasteiger charge is -2.38. The highest BCUT2D eigenvalue weighted by Crippen LogP contribution is 2.37. The van der Waals surface area contributed by atoms with E-state index in [2.05, 4.69) is 37.4 Å². The van der Waals surface area contributed by atoms with Gasteiger partial charge in [-0.05, 0) is 48.1 Å².